The molecule has 0 aliphatic carbocycles. The fourth-order valence-electron chi connectivity index (χ4n) is 1.46. The lowest BCUT2D eigenvalue weighted by molar-refractivity contribution is -0.138. The second-order valence-corrected chi connectivity index (χ2v) is 4.12. The molecule has 0 radical (unpaired) electrons. The summed E-state index contributed by atoms with van der Waals surface area (Å²) in [7, 11) is 0. The summed E-state index contributed by atoms with van der Waals surface area (Å²) in [5.41, 5.74) is 6.28. The molecule has 0 heterocycles. The van der Waals surface area contributed by atoms with Crippen molar-refractivity contribution >= 4 is 24.3 Å². The lowest BCUT2D eigenvalue weighted by Gasteiger charge is -2.09. The minimum absolute atomic E-state index is 0. The van der Waals surface area contributed by atoms with Gasteiger partial charge in [0, 0.05) is 6.92 Å². The molecule has 0 aliphatic heterocycles. The summed E-state index contributed by atoms with van der Waals surface area (Å²) >= 11 is 0. The molecule has 1 aromatic carbocycles. The van der Waals surface area contributed by atoms with Gasteiger partial charge in [0.25, 0.3) is 0 Å². The molecule has 0 fully saturated rings. The number of rotatable bonds is 7. The summed E-state index contributed by atoms with van der Waals surface area (Å²) in [5.74, 6) is -0.449. The average molecular weight is 303 g/mol. The first-order valence-electron chi connectivity index (χ1n) is 5.93. The maximum atomic E-state index is 10.6. The molecule has 1 atom stereocenters. The molecular formula is C13H19ClN2O4. The minimum Gasteiger partial charge on any atom is -0.492 e. The number of amides is 1. The summed E-state index contributed by atoms with van der Waals surface area (Å²) in [4.78, 5) is 21.2. The number of carbonyl (C=O) groups excluding carboxylic acids is 1. The van der Waals surface area contributed by atoms with Gasteiger partial charge in [0.1, 0.15) is 18.4 Å². The van der Waals surface area contributed by atoms with Crippen molar-refractivity contribution in [3.05, 3.63) is 29.8 Å². The van der Waals surface area contributed by atoms with Gasteiger partial charge in [-0.1, -0.05) is 12.1 Å². The van der Waals surface area contributed by atoms with Crippen LogP contribution in [0.4, 0.5) is 0 Å². The highest BCUT2D eigenvalue weighted by Crippen LogP contribution is 2.13. The van der Waals surface area contributed by atoms with Gasteiger partial charge in [-0.2, -0.15) is 0 Å². The normalized spacial score (nSPS) is 11.1. The largest absolute Gasteiger partial charge is 0.492 e. The predicted molar refractivity (Wildman–Crippen MR) is 77.2 cm³/mol. The zero-order valence-corrected chi connectivity index (χ0v) is 12.0. The molecule has 6 nitrogen and oxygen atoms in total. The Kier molecular flexibility index (Phi) is 8.35. The molecule has 0 aromatic heterocycles. The Morgan fingerprint density at radius 2 is 1.95 bits per heavy atom. The summed E-state index contributed by atoms with van der Waals surface area (Å²) in [6.45, 7) is 2.27. The highest BCUT2D eigenvalue weighted by Gasteiger charge is 2.11. The third-order valence-corrected chi connectivity index (χ3v) is 2.44. The van der Waals surface area contributed by atoms with Crippen molar-refractivity contribution in [3.8, 4) is 5.75 Å². The first kappa shape index (κ1) is 18.2. The van der Waals surface area contributed by atoms with Gasteiger partial charge in [-0.3, -0.25) is 9.59 Å². The monoisotopic (exact) mass is 302 g/mol. The second-order valence-electron chi connectivity index (χ2n) is 4.12. The number of benzene rings is 1. The van der Waals surface area contributed by atoms with Gasteiger partial charge in [0.05, 0.1) is 6.54 Å². The second kappa shape index (κ2) is 9.17. The summed E-state index contributed by atoms with van der Waals surface area (Å²) in [5, 5.41) is 11.3. The molecule has 0 saturated carbocycles. The van der Waals surface area contributed by atoms with Gasteiger partial charge in [-0.25, -0.2) is 0 Å². The lowest BCUT2D eigenvalue weighted by atomic mass is 10.1. The number of hydrogen-bond donors (Lipinski definition) is 3. The zero-order valence-electron chi connectivity index (χ0n) is 11.2. The fourth-order valence-corrected chi connectivity index (χ4v) is 1.46. The van der Waals surface area contributed by atoms with Crippen LogP contribution in [0.5, 0.6) is 5.75 Å². The van der Waals surface area contributed by atoms with Crippen LogP contribution < -0.4 is 15.8 Å². The highest BCUT2D eigenvalue weighted by atomic mass is 35.5. The van der Waals surface area contributed by atoms with Crippen molar-refractivity contribution in [2.24, 2.45) is 5.73 Å². The SMILES string of the molecule is CC(=O)NCCOc1ccc(CC(N)C(=O)O)cc1.Cl. The molecule has 7 heteroatoms. The molecule has 4 N–H and O–H groups in total. The van der Waals surface area contributed by atoms with E-state index in [-0.39, 0.29) is 24.7 Å². The third-order valence-electron chi connectivity index (χ3n) is 2.44. The van der Waals surface area contributed by atoms with Crippen LogP contribution in [0, 0.1) is 0 Å². The van der Waals surface area contributed by atoms with E-state index in [9.17, 15) is 9.59 Å². The Morgan fingerprint density at radius 1 is 1.35 bits per heavy atom. The maximum absolute atomic E-state index is 10.6. The molecule has 0 aliphatic rings. The number of nitrogens with one attached hydrogen (secondary N) is 1. The maximum Gasteiger partial charge on any atom is 0.320 e. The van der Waals surface area contributed by atoms with Crippen molar-refractivity contribution < 1.29 is 19.4 Å². The van der Waals surface area contributed by atoms with E-state index in [2.05, 4.69) is 5.32 Å². The Bertz CT molecular complexity index is 437. The minimum atomic E-state index is -1.02. The molecule has 1 amide bonds. The smallest absolute Gasteiger partial charge is 0.320 e. The topological polar surface area (TPSA) is 102 Å². The zero-order chi connectivity index (χ0) is 14.3. The molecule has 1 unspecified atom stereocenters. The standard InChI is InChI=1S/C13H18N2O4.ClH/c1-9(16)15-6-7-19-11-4-2-10(3-5-11)8-12(14)13(17)18;/h2-5,12H,6-8,14H2,1H3,(H,15,16)(H,17,18);1H. The van der Waals surface area contributed by atoms with Crippen LogP contribution in [0.15, 0.2) is 24.3 Å². The number of hydrogen-bond acceptors (Lipinski definition) is 4. The van der Waals surface area contributed by atoms with Crippen LogP contribution in [0.25, 0.3) is 0 Å². The summed E-state index contributed by atoms with van der Waals surface area (Å²) in [6.07, 6.45) is 0.279. The van der Waals surface area contributed by atoms with Crippen molar-refractivity contribution in [1.82, 2.24) is 5.32 Å². The van der Waals surface area contributed by atoms with Gasteiger partial charge in [0.15, 0.2) is 0 Å². The highest BCUT2D eigenvalue weighted by molar-refractivity contribution is 5.85. The number of nitrogens with two attached hydrogens (primary N) is 1. The van der Waals surface area contributed by atoms with Crippen LogP contribution in [0.3, 0.4) is 0 Å². The molecular weight excluding hydrogens is 284 g/mol. The molecule has 112 valence electrons. The average Bonchev–Trinajstić information content (AvgIpc) is 2.36. The summed E-state index contributed by atoms with van der Waals surface area (Å²) in [6, 6.07) is 6.15. The van der Waals surface area contributed by atoms with Crippen LogP contribution in [0.2, 0.25) is 0 Å². The lowest BCUT2D eigenvalue weighted by Crippen LogP contribution is -2.32. The molecule has 1 aromatic rings. The molecule has 0 spiro atoms. The van der Waals surface area contributed by atoms with E-state index in [1.165, 1.54) is 6.92 Å². The van der Waals surface area contributed by atoms with Gasteiger partial charge < -0.3 is 20.9 Å². The van der Waals surface area contributed by atoms with Gasteiger partial charge in [-0.05, 0) is 24.1 Å². The number of carboxylic acids is 1. The molecule has 0 bridgehead atoms. The van der Waals surface area contributed by atoms with Gasteiger partial charge in [0.2, 0.25) is 5.91 Å². The van der Waals surface area contributed by atoms with Crippen LogP contribution in [-0.4, -0.2) is 36.2 Å². The molecule has 0 saturated heterocycles. The van der Waals surface area contributed by atoms with Crippen molar-refractivity contribution in [1.29, 1.82) is 0 Å². The first-order chi connectivity index (χ1) is 8.99. The fraction of sp³-hybridized carbons (Fsp3) is 0.385. The third kappa shape index (κ3) is 6.96. The van der Waals surface area contributed by atoms with E-state index in [1.807, 2.05) is 0 Å². The van der Waals surface area contributed by atoms with E-state index in [4.69, 9.17) is 15.6 Å². The van der Waals surface area contributed by atoms with E-state index >= 15 is 0 Å². The van der Waals surface area contributed by atoms with E-state index in [1.54, 1.807) is 24.3 Å². The molecule has 1 rings (SSSR count). The predicted octanol–water partition coefficient (Wildman–Crippen LogP) is 0.578. The van der Waals surface area contributed by atoms with Gasteiger partial charge in [-0.15, -0.1) is 12.4 Å². The molecule has 20 heavy (non-hydrogen) atoms. The van der Waals surface area contributed by atoms with Crippen LogP contribution in [0.1, 0.15) is 12.5 Å². The van der Waals surface area contributed by atoms with Crippen LogP contribution >= 0.6 is 12.4 Å². The van der Waals surface area contributed by atoms with Crippen molar-refractivity contribution in [2.45, 2.75) is 19.4 Å². The van der Waals surface area contributed by atoms with Crippen LogP contribution in [-0.2, 0) is 16.0 Å². The Balaban J connectivity index is 0.00000361. The first-order valence-corrected chi connectivity index (χ1v) is 5.93. The number of carbonyl (C=O) groups is 2. The Morgan fingerprint density at radius 3 is 2.45 bits per heavy atom. The number of halogens is 1. The van der Waals surface area contributed by atoms with Gasteiger partial charge >= 0.3 is 5.97 Å². The Labute approximate surface area is 123 Å². The summed E-state index contributed by atoms with van der Waals surface area (Å²) < 4.78 is 5.40. The van der Waals surface area contributed by atoms with Crippen molar-refractivity contribution in [2.75, 3.05) is 13.2 Å². The number of ether oxygens (including phenoxy) is 1. The number of aliphatic carboxylic acids is 1. The van der Waals surface area contributed by atoms with Crippen molar-refractivity contribution in [3.63, 3.8) is 0 Å². The van der Waals surface area contributed by atoms with E-state index < -0.39 is 12.0 Å². The van der Waals surface area contributed by atoms with E-state index in [0.29, 0.717) is 18.9 Å². The quantitative estimate of drug-likeness (QED) is 0.639. The Hall–Kier alpha value is -1.79. The number of carboxylic acid groups (broad SMARTS) is 1. The van der Waals surface area contributed by atoms with E-state index in [0.717, 1.165) is 5.56 Å².